The van der Waals surface area contributed by atoms with Crippen molar-refractivity contribution in [2.75, 3.05) is 7.05 Å². The van der Waals surface area contributed by atoms with E-state index in [4.69, 9.17) is 22.3 Å². The Kier molecular flexibility index (Phi) is 5.15. The van der Waals surface area contributed by atoms with E-state index in [-0.39, 0.29) is 0 Å². The van der Waals surface area contributed by atoms with Crippen LogP contribution in [0.2, 0.25) is 0 Å². The highest BCUT2D eigenvalue weighted by Crippen LogP contribution is 2.22. The summed E-state index contributed by atoms with van der Waals surface area (Å²) in [6.07, 6.45) is 0.773. The van der Waals surface area contributed by atoms with E-state index in [1.807, 2.05) is 40.6 Å². The van der Waals surface area contributed by atoms with E-state index in [0.717, 1.165) is 34.1 Å². The Morgan fingerprint density at radius 3 is 2.59 bits per heavy atom. The van der Waals surface area contributed by atoms with Gasteiger partial charge in [-0.25, -0.2) is 9.67 Å². The molecule has 0 aliphatic carbocycles. The molecule has 27 heavy (non-hydrogen) atoms. The molecule has 0 radical (unpaired) electrons. The molecule has 0 bridgehead atoms. The molecule has 2 aromatic carbocycles. The molecule has 4 rings (SSSR count). The van der Waals surface area contributed by atoms with Gasteiger partial charge in [0.2, 0.25) is 0 Å². The normalized spacial score (nSPS) is 11.5. The van der Waals surface area contributed by atoms with Gasteiger partial charge in [0, 0.05) is 13.5 Å². The molecular weight excluding hydrogens is 374 g/mol. The minimum absolute atomic E-state index is 0.636. The van der Waals surface area contributed by atoms with E-state index in [9.17, 15) is 0 Å². The summed E-state index contributed by atoms with van der Waals surface area (Å²) in [5, 5.41) is 5.85. The van der Waals surface area contributed by atoms with Crippen LogP contribution in [0.1, 0.15) is 16.4 Å². The predicted molar refractivity (Wildman–Crippen MR) is 112 cm³/mol. The van der Waals surface area contributed by atoms with Crippen molar-refractivity contribution < 1.29 is 0 Å². The molecule has 0 aliphatic heterocycles. The predicted octanol–water partition coefficient (Wildman–Crippen LogP) is 4.24. The molecule has 0 amide bonds. The van der Waals surface area contributed by atoms with Crippen LogP contribution in [0, 0.1) is 4.77 Å². The number of thiazole rings is 1. The lowest BCUT2D eigenvalue weighted by Gasteiger charge is -2.14. The summed E-state index contributed by atoms with van der Waals surface area (Å²) in [6, 6.07) is 18.6. The van der Waals surface area contributed by atoms with Crippen molar-refractivity contribution in [3.63, 3.8) is 0 Å². The summed E-state index contributed by atoms with van der Waals surface area (Å²) in [4.78, 5) is 6.90. The van der Waals surface area contributed by atoms with Crippen LogP contribution in [-0.2, 0) is 26.7 Å². The summed E-state index contributed by atoms with van der Waals surface area (Å²) >= 11 is 7.33. The van der Waals surface area contributed by atoms with E-state index >= 15 is 0 Å². The number of rotatable bonds is 6. The SMILES string of the molecule is CN(Cc1nc2ccccc2s1)Cn1nc(Cc2ccccc2)n(C)c1=S. The second-order valence-corrected chi connectivity index (χ2v) is 8.13. The maximum atomic E-state index is 5.59. The summed E-state index contributed by atoms with van der Waals surface area (Å²) in [5.41, 5.74) is 2.29. The van der Waals surface area contributed by atoms with Gasteiger partial charge in [0.1, 0.15) is 10.8 Å². The first-order valence-corrected chi connectivity index (χ1v) is 10.0. The van der Waals surface area contributed by atoms with Crippen molar-refractivity contribution >= 4 is 33.8 Å². The van der Waals surface area contributed by atoms with Crippen molar-refractivity contribution in [2.45, 2.75) is 19.6 Å². The zero-order valence-corrected chi connectivity index (χ0v) is 17.0. The fourth-order valence-corrected chi connectivity index (χ4v) is 4.31. The third-order valence-corrected chi connectivity index (χ3v) is 5.96. The van der Waals surface area contributed by atoms with E-state index in [1.165, 1.54) is 10.3 Å². The van der Waals surface area contributed by atoms with Gasteiger partial charge in [-0.15, -0.1) is 11.3 Å². The topological polar surface area (TPSA) is 38.9 Å². The number of aromatic nitrogens is 4. The molecule has 0 spiro atoms. The van der Waals surface area contributed by atoms with Gasteiger partial charge in [-0.2, -0.15) is 5.10 Å². The summed E-state index contributed by atoms with van der Waals surface area (Å²) in [5.74, 6) is 0.972. The highest BCUT2D eigenvalue weighted by Gasteiger charge is 2.12. The Balaban J connectivity index is 1.48. The van der Waals surface area contributed by atoms with Crippen molar-refractivity contribution in [2.24, 2.45) is 7.05 Å². The summed E-state index contributed by atoms with van der Waals surface area (Å²) < 4.78 is 5.84. The second kappa shape index (κ2) is 7.72. The van der Waals surface area contributed by atoms with Crippen LogP contribution in [0.3, 0.4) is 0 Å². The van der Waals surface area contributed by atoms with Gasteiger partial charge in [0.05, 0.1) is 23.4 Å². The molecule has 0 unspecified atom stereocenters. The standard InChI is InChI=1S/C20H21N5S2/c1-23(13-19-21-16-10-6-7-11-17(16)27-19)14-25-20(26)24(2)18(22-25)12-15-8-4-3-5-9-15/h3-11H,12-14H2,1-2H3. The largest absolute Gasteiger partial charge is 0.307 e. The third kappa shape index (κ3) is 4.00. The van der Waals surface area contributed by atoms with Gasteiger partial charge in [0.25, 0.3) is 0 Å². The zero-order valence-electron chi connectivity index (χ0n) is 15.4. The van der Waals surface area contributed by atoms with Crippen LogP contribution in [0.25, 0.3) is 10.2 Å². The second-order valence-electron chi connectivity index (χ2n) is 6.65. The monoisotopic (exact) mass is 395 g/mol. The molecule has 0 aliphatic rings. The molecule has 7 heteroatoms. The van der Waals surface area contributed by atoms with Crippen LogP contribution >= 0.6 is 23.6 Å². The molecule has 138 valence electrons. The lowest BCUT2D eigenvalue weighted by atomic mass is 10.1. The molecule has 2 aromatic heterocycles. The van der Waals surface area contributed by atoms with E-state index in [1.54, 1.807) is 11.3 Å². The molecule has 0 N–H and O–H groups in total. The number of nitrogens with zero attached hydrogens (tertiary/aromatic N) is 5. The van der Waals surface area contributed by atoms with Crippen LogP contribution in [-0.4, -0.2) is 31.3 Å². The fourth-order valence-electron chi connectivity index (χ4n) is 3.05. The minimum atomic E-state index is 0.636. The molecule has 0 saturated heterocycles. The zero-order chi connectivity index (χ0) is 18.8. The summed E-state index contributed by atoms with van der Waals surface area (Å²) in [6.45, 7) is 1.41. The fraction of sp³-hybridized carbons (Fsp3) is 0.250. The number of hydrogen-bond donors (Lipinski definition) is 0. The third-order valence-electron chi connectivity index (χ3n) is 4.45. The van der Waals surface area contributed by atoms with Gasteiger partial charge < -0.3 is 4.57 Å². The van der Waals surface area contributed by atoms with Crippen LogP contribution in [0.15, 0.2) is 54.6 Å². The molecular formula is C20H21N5S2. The van der Waals surface area contributed by atoms with Gasteiger partial charge in [-0.05, 0) is 37.0 Å². The first-order valence-electron chi connectivity index (χ1n) is 8.80. The quantitative estimate of drug-likeness (QED) is 0.458. The van der Waals surface area contributed by atoms with E-state index in [2.05, 4.69) is 42.3 Å². The van der Waals surface area contributed by atoms with Crippen LogP contribution in [0.4, 0.5) is 0 Å². The van der Waals surface area contributed by atoms with Crippen molar-refractivity contribution in [1.29, 1.82) is 0 Å². The number of benzene rings is 2. The lowest BCUT2D eigenvalue weighted by Crippen LogP contribution is -2.22. The highest BCUT2D eigenvalue weighted by molar-refractivity contribution is 7.71. The summed E-state index contributed by atoms with van der Waals surface area (Å²) in [7, 11) is 4.05. The Morgan fingerprint density at radius 2 is 1.81 bits per heavy atom. The molecule has 0 atom stereocenters. The van der Waals surface area contributed by atoms with Crippen LogP contribution in [0.5, 0.6) is 0 Å². The molecule has 2 heterocycles. The van der Waals surface area contributed by atoms with Crippen molar-refractivity contribution in [3.05, 3.63) is 75.8 Å². The maximum Gasteiger partial charge on any atom is 0.198 e. The smallest absolute Gasteiger partial charge is 0.198 e. The van der Waals surface area contributed by atoms with Crippen LogP contribution < -0.4 is 0 Å². The number of hydrogen-bond acceptors (Lipinski definition) is 5. The molecule has 0 fully saturated rings. The van der Waals surface area contributed by atoms with Crippen molar-refractivity contribution in [1.82, 2.24) is 24.2 Å². The Morgan fingerprint density at radius 1 is 1.07 bits per heavy atom. The molecule has 4 aromatic rings. The van der Waals surface area contributed by atoms with Gasteiger partial charge in [0.15, 0.2) is 4.77 Å². The lowest BCUT2D eigenvalue weighted by molar-refractivity contribution is 0.243. The minimum Gasteiger partial charge on any atom is -0.307 e. The molecule has 0 saturated carbocycles. The maximum absolute atomic E-state index is 5.59. The Labute approximate surface area is 167 Å². The Hall–Kier alpha value is -2.35. The number of fused-ring (bicyclic) bond motifs is 1. The average Bonchev–Trinajstić information content (AvgIpc) is 3.18. The average molecular weight is 396 g/mol. The number of para-hydroxylation sites is 1. The highest BCUT2D eigenvalue weighted by atomic mass is 32.1. The Bertz CT molecular complexity index is 1080. The molecule has 5 nitrogen and oxygen atoms in total. The first kappa shape index (κ1) is 18.0. The van der Waals surface area contributed by atoms with Gasteiger partial charge >= 0.3 is 0 Å². The van der Waals surface area contributed by atoms with Crippen molar-refractivity contribution in [3.8, 4) is 0 Å². The van der Waals surface area contributed by atoms with E-state index < -0.39 is 0 Å². The van der Waals surface area contributed by atoms with E-state index in [0.29, 0.717) is 6.67 Å². The van der Waals surface area contributed by atoms with Gasteiger partial charge in [-0.1, -0.05) is 42.5 Å². The van der Waals surface area contributed by atoms with Gasteiger partial charge in [-0.3, -0.25) is 4.90 Å². The first-order chi connectivity index (χ1) is 13.1.